The summed E-state index contributed by atoms with van der Waals surface area (Å²) in [4.78, 5) is 0. The van der Waals surface area contributed by atoms with Crippen LogP contribution in [0.5, 0.6) is 0 Å². The summed E-state index contributed by atoms with van der Waals surface area (Å²) in [5, 5.41) is 6.45. The first-order valence-electron chi connectivity index (χ1n) is 5.31. The van der Waals surface area contributed by atoms with Crippen molar-refractivity contribution in [3.63, 3.8) is 0 Å². The number of hydrazine groups is 1. The summed E-state index contributed by atoms with van der Waals surface area (Å²) in [6.45, 7) is 3.24. The molecule has 1 saturated heterocycles. The van der Waals surface area contributed by atoms with Crippen LogP contribution in [0.2, 0.25) is 0 Å². The number of nitrogens with one attached hydrogen (secondary N) is 1. The molecule has 0 unspecified atom stereocenters. The lowest BCUT2D eigenvalue weighted by Gasteiger charge is -2.27. The molecule has 0 amide bonds. The number of piperidine rings is 1. The molecule has 1 fully saturated rings. The van der Waals surface area contributed by atoms with Gasteiger partial charge >= 0.3 is 0 Å². The van der Waals surface area contributed by atoms with Crippen molar-refractivity contribution in [2.45, 2.75) is 25.8 Å². The van der Waals surface area contributed by atoms with E-state index in [1.165, 1.54) is 38.0 Å². The van der Waals surface area contributed by atoms with Crippen molar-refractivity contribution in [2.75, 3.05) is 13.1 Å². The van der Waals surface area contributed by atoms with Crippen LogP contribution in [-0.4, -0.2) is 27.9 Å². The maximum atomic E-state index is 4.14. The zero-order chi connectivity index (χ0) is 9.80. The van der Waals surface area contributed by atoms with E-state index in [2.05, 4.69) is 21.6 Å². The first kappa shape index (κ1) is 9.68. The molecular formula is C10H18N4. The van der Waals surface area contributed by atoms with Crippen LogP contribution in [0.15, 0.2) is 12.3 Å². The number of aromatic nitrogens is 2. The zero-order valence-corrected chi connectivity index (χ0v) is 8.74. The topological polar surface area (TPSA) is 33.1 Å². The minimum atomic E-state index is 0.885. The Bertz CT molecular complexity index is 275. The fourth-order valence-electron chi connectivity index (χ4n) is 1.82. The van der Waals surface area contributed by atoms with E-state index in [0.717, 1.165) is 6.54 Å². The highest BCUT2D eigenvalue weighted by Gasteiger charge is 2.09. The van der Waals surface area contributed by atoms with Crippen LogP contribution in [0.3, 0.4) is 0 Å². The van der Waals surface area contributed by atoms with Crippen LogP contribution < -0.4 is 5.43 Å². The molecule has 0 bridgehead atoms. The second-order valence-electron chi connectivity index (χ2n) is 3.83. The Kier molecular flexibility index (Phi) is 3.16. The standard InChI is InChI=1S/C10H18N4/c1-13-10(5-6-11-13)9-12-14-7-3-2-4-8-14/h5-6,12H,2-4,7-9H2,1H3. The summed E-state index contributed by atoms with van der Waals surface area (Å²) in [5.41, 5.74) is 4.67. The highest BCUT2D eigenvalue weighted by Crippen LogP contribution is 2.06. The van der Waals surface area contributed by atoms with Crippen molar-refractivity contribution in [2.24, 2.45) is 7.05 Å². The van der Waals surface area contributed by atoms with E-state index in [-0.39, 0.29) is 0 Å². The molecule has 0 aliphatic carbocycles. The Labute approximate surface area is 84.9 Å². The third-order valence-corrected chi connectivity index (χ3v) is 2.76. The van der Waals surface area contributed by atoms with Gasteiger partial charge in [0.25, 0.3) is 0 Å². The van der Waals surface area contributed by atoms with E-state index in [0.29, 0.717) is 0 Å². The minimum absolute atomic E-state index is 0.885. The lowest BCUT2D eigenvalue weighted by atomic mass is 10.2. The van der Waals surface area contributed by atoms with Crippen LogP contribution in [0.1, 0.15) is 25.0 Å². The first-order chi connectivity index (χ1) is 6.86. The molecule has 78 valence electrons. The van der Waals surface area contributed by atoms with E-state index >= 15 is 0 Å². The van der Waals surface area contributed by atoms with Gasteiger partial charge in [-0.25, -0.2) is 10.4 Å². The number of aryl methyl sites for hydroxylation is 1. The minimum Gasteiger partial charge on any atom is -0.271 e. The number of nitrogens with zero attached hydrogens (tertiary/aromatic N) is 3. The Hall–Kier alpha value is -0.870. The monoisotopic (exact) mass is 194 g/mol. The first-order valence-corrected chi connectivity index (χ1v) is 5.31. The number of rotatable bonds is 3. The predicted molar refractivity (Wildman–Crippen MR) is 55.5 cm³/mol. The summed E-state index contributed by atoms with van der Waals surface area (Å²) >= 11 is 0. The Morgan fingerprint density at radius 3 is 2.79 bits per heavy atom. The van der Waals surface area contributed by atoms with Gasteiger partial charge in [0.05, 0.1) is 12.2 Å². The molecule has 1 aliphatic heterocycles. The molecule has 1 aromatic heterocycles. The van der Waals surface area contributed by atoms with Crippen LogP contribution in [0.4, 0.5) is 0 Å². The van der Waals surface area contributed by atoms with Crippen molar-refractivity contribution in [3.05, 3.63) is 18.0 Å². The Morgan fingerprint density at radius 1 is 1.36 bits per heavy atom. The Morgan fingerprint density at radius 2 is 2.14 bits per heavy atom. The van der Waals surface area contributed by atoms with Gasteiger partial charge in [-0.05, 0) is 18.9 Å². The van der Waals surface area contributed by atoms with E-state index < -0.39 is 0 Å². The van der Waals surface area contributed by atoms with Gasteiger partial charge in [0.1, 0.15) is 0 Å². The summed E-state index contributed by atoms with van der Waals surface area (Å²) < 4.78 is 1.91. The van der Waals surface area contributed by atoms with Gasteiger partial charge in [0.2, 0.25) is 0 Å². The third-order valence-electron chi connectivity index (χ3n) is 2.76. The van der Waals surface area contributed by atoms with E-state index in [1.54, 1.807) is 0 Å². The molecule has 0 spiro atoms. The average Bonchev–Trinajstić information content (AvgIpc) is 2.63. The highest BCUT2D eigenvalue weighted by atomic mass is 15.5. The molecule has 1 aromatic rings. The summed E-state index contributed by atoms with van der Waals surface area (Å²) in [6, 6.07) is 2.05. The van der Waals surface area contributed by atoms with Crippen LogP contribution in [-0.2, 0) is 13.6 Å². The van der Waals surface area contributed by atoms with Crippen molar-refractivity contribution >= 4 is 0 Å². The highest BCUT2D eigenvalue weighted by molar-refractivity contribution is 4.98. The molecule has 0 radical (unpaired) electrons. The molecule has 1 N–H and O–H groups in total. The Balaban J connectivity index is 1.79. The second-order valence-corrected chi connectivity index (χ2v) is 3.83. The van der Waals surface area contributed by atoms with E-state index in [9.17, 15) is 0 Å². The van der Waals surface area contributed by atoms with Crippen molar-refractivity contribution in [1.82, 2.24) is 20.2 Å². The van der Waals surface area contributed by atoms with Crippen molar-refractivity contribution in [1.29, 1.82) is 0 Å². The molecular weight excluding hydrogens is 176 g/mol. The summed E-state index contributed by atoms with van der Waals surface area (Å²) in [7, 11) is 1.98. The zero-order valence-electron chi connectivity index (χ0n) is 8.74. The normalized spacial score (nSPS) is 18.6. The third kappa shape index (κ3) is 2.33. The molecule has 4 nitrogen and oxygen atoms in total. The van der Waals surface area contributed by atoms with Gasteiger partial charge in [-0.3, -0.25) is 4.68 Å². The van der Waals surface area contributed by atoms with E-state index in [4.69, 9.17) is 0 Å². The van der Waals surface area contributed by atoms with Crippen LogP contribution in [0.25, 0.3) is 0 Å². The fourth-order valence-corrected chi connectivity index (χ4v) is 1.82. The second kappa shape index (κ2) is 4.57. The largest absolute Gasteiger partial charge is 0.271 e. The van der Waals surface area contributed by atoms with E-state index in [1.807, 2.05) is 17.9 Å². The average molecular weight is 194 g/mol. The smallest absolute Gasteiger partial charge is 0.0532 e. The maximum absolute atomic E-state index is 4.14. The SMILES string of the molecule is Cn1nccc1CNN1CCCCC1. The fraction of sp³-hybridized carbons (Fsp3) is 0.700. The lowest BCUT2D eigenvalue weighted by molar-refractivity contribution is 0.149. The number of hydrogen-bond acceptors (Lipinski definition) is 3. The molecule has 2 rings (SSSR count). The van der Waals surface area contributed by atoms with Gasteiger partial charge in [-0.15, -0.1) is 0 Å². The van der Waals surface area contributed by atoms with Crippen LogP contribution in [0, 0.1) is 0 Å². The van der Waals surface area contributed by atoms with Gasteiger partial charge in [-0.2, -0.15) is 5.10 Å². The van der Waals surface area contributed by atoms with Gasteiger partial charge in [0.15, 0.2) is 0 Å². The predicted octanol–water partition coefficient (Wildman–Crippen LogP) is 0.911. The molecule has 0 saturated carbocycles. The van der Waals surface area contributed by atoms with Gasteiger partial charge < -0.3 is 0 Å². The summed E-state index contributed by atoms with van der Waals surface area (Å²) in [5.74, 6) is 0. The molecule has 14 heavy (non-hydrogen) atoms. The quantitative estimate of drug-likeness (QED) is 0.776. The molecule has 2 heterocycles. The van der Waals surface area contributed by atoms with Gasteiger partial charge in [-0.1, -0.05) is 6.42 Å². The molecule has 0 aromatic carbocycles. The van der Waals surface area contributed by atoms with Crippen molar-refractivity contribution in [3.8, 4) is 0 Å². The lowest BCUT2D eigenvalue weighted by Crippen LogP contribution is -2.41. The summed E-state index contributed by atoms with van der Waals surface area (Å²) in [6.07, 6.45) is 5.86. The van der Waals surface area contributed by atoms with Crippen molar-refractivity contribution < 1.29 is 0 Å². The molecule has 0 atom stereocenters. The van der Waals surface area contributed by atoms with Crippen LogP contribution >= 0.6 is 0 Å². The number of hydrogen-bond donors (Lipinski definition) is 1. The van der Waals surface area contributed by atoms with Gasteiger partial charge in [0, 0.05) is 26.3 Å². The molecule has 4 heteroatoms. The molecule has 1 aliphatic rings. The maximum Gasteiger partial charge on any atom is 0.0532 e.